The van der Waals surface area contributed by atoms with Crippen LogP contribution in [0.25, 0.3) is 5.65 Å². The average Bonchev–Trinajstić information content (AvgIpc) is 3.26. The summed E-state index contributed by atoms with van der Waals surface area (Å²) < 4.78 is 1.88. The van der Waals surface area contributed by atoms with E-state index in [4.69, 9.17) is 5.10 Å². The van der Waals surface area contributed by atoms with E-state index in [1.165, 1.54) is 12.8 Å². The lowest BCUT2D eigenvalue weighted by molar-refractivity contribution is -0.119. The Bertz CT molecular complexity index is 707. The van der Waals surface area contributed by atoms with Crippen LogP contribution in [0.3, 0.4) is 0 Å². The highest BCUT2D eigenvalue weighted by molar-refractivity contribution is 5.73. The summed E-state index contributed by atoms with van der Waals surface area (Å²) in [6.07, 6.45) is 4.45. The number of nitrogens with one attached hydrogen (secondary N) is 1. The number of fused-ring (bicyclic) bond motifs is 1. The Labute approximate surface area is 128 Å². The van der Waals surface area contributed by atoms with E-state index in [0.29, 0.717) is 5.92 Å². The van der Waals surface area contributed by atoms with Crippen LogP contribution in [-0.2, 0) is 4.79 Å². The number of anilines is 1. The fourth-order valence-electron chi connectivity index (χ4n) is 3.15. The Hall–Kier alpha value is -2.18. The van der Waals surface area contributed by atoms with Crippen LogP contribution in [0, 0.1) is 0 Å². The molecule has 2 fully saturated rings. The third kappa shape index (κ3) is 2.51. The lowest BCUT2D eigenvalue weighted by atomic mass is 10.1. The molecule has 0 radical (unpaired) electrons. The minimum Gasteiger partial charge on any atom is -0.353 e. The van der Waals surface area contributed by atoms with Gasteiger partial charge in [0.25, 0.3) is 0 Å². The van der Waals surface area contributed by atoms with Gasteiger partial charge in [-0.15, -0.1) is 15.3 Å². The van der Waals surface area contributed by atoms with Crippen molar-refractivity contribution in [3.8, 4) is 0 Å². The summed E-state index contributed by atoms with van der Waals surface area (Å²) in [7, 11) is 0. The van der Waals surface area contributed by atoms with E-state index in [1.807, 2.05) is 16.6 Å². The fourth-order valence-corrected chi connectivity index (χ4v) is 3.15. The van der Waals surface area contributed by atoms with Gasteiger partial charge in [-0.1, -0.05) is 0 Å². The van der Waals surface area contributed by atoms with Crippen LogP contribution in [-0.4, -0.2) is 44.8 Å². The standard InChI is InChI=1S/C15H20N6O/c1-10(22)16-12-3-2-8-20(9-12)14-7-6-13-17-18-15(11-4-5-11)21(13)19-14/h6-7,11-12H,2-5,8-9H2,1H3,(H,16,22). The van der Waals surface area contributed by atoms with Gasteiger partial charge in [0, 0.05) is 32.0 Å². The topological polar surface area (TPSA) is 75.4 Å². The fraction of sp³-hybridized carbons (Fsp3) is 0.600. The predicted octanol–water partition coefficient (Wildman–Crippen LogP) is 1.11. The second kappa shape index (κ2) is 5.23. The van der Waals surface area contributed by atoms with Crippen molar-refractivity contribution in [2.24, 2.45) is 0 Å². The molecule has 1 N–H and O–H groups in total. The zero-order chi connectivity index (χ0) is 15.1. The van der Waals surface area contributed by atoms with E-state index in [2.05, 4.69) is 20.4 Å². The van der Waals surface area contributed by atoms with Crippen molar-refractivity contribution >= 4 is 17.4 Å². The second-order valence-corrected chi connectivity index (χ2v) is 6.28. The first kappa shape index (κ1) is 13.5. The van der Waals surface area contributed by atoms with Crippen LogP contribution in [0.5, 0.6) is 0 Å². The highest BCUT2D eigenvalue weighted by Gasteiger charge is 2.29. The van der Waals surface area contributed by atoms with E-state index >= 15 is 0 Å². The third-order valence-electron chi connectivity index (χ3n) is 4.37. The zero-order valence-electron chi connectivity index (χ0n) is 12.7. The summed E-state index contributed by atoms with van der Waals surface area (Å²) in [5, 5.41) is 16.2. The van der Waals surface area contributed by atoms with Crippen LogP contribution in [0.15, 0.2) is 12.1 Å². The van der Waals surface area contributed by atoms with E-state index in [-0.39, 0.29) is 11.9 Å². The number of hydrogen-bond donors (Lipinski definition) is 1. The predicted molar refractivity (Wildman–Crippen MR) is 81.8 cm³/mol. The zero-order valence-corrected chi connectivity index (χ0v) is 12.7. The summed E-state index contributed by atoms with van der Waals surface area (Å²) in [5.41, 5.74) is 0.807. The summed E-state index contributed by atoms with van der Waals surface area (Å²) in [6, 6.07) is 4.17. The van der Waals surface area contributed by atoms with Gasteiger partial charge in [-0.3, -0.25) is 4.79 Å². The maximum atomic E-state index is 11.3. The molecule has 2 aromatic heterocycles. The van der Waals surface area contributed by atoms with Gasteiger partial charge in [0.1, 0.15) is 5.82 Å². The molecule has 2 aliphatic rings. The van der Waals surface area contributed by atoms with Gasteiger partial charge in [0.15, 0.2) is 11.5 Å². The summed E-state index contributed by atoms with van der Waals surface area (Å²) >= 11 is 0. The van der Waals surface area contributed by atoms with Crippen molar-refractivity contribution in [2.75, 3.05) is 18.0 Å². The molecule has 2 aromatic rings. The van der Waals surface area contributed by atoms with Crippen molar-refractivity contribution in [3.63, 3.8) is 0 Å². The molecule has 0 spiro atoms. The number of aromatic nitrogens is 4. The third-order valence-corrected chi connectivity index (χ3v) is 4.37. The Balaban J connectivity index is 1.59. The molecule has 7 nitrogen and oxygen atoms in total. The molecule has 1 saturated carbocycles. The number of nitrogens with zero attached hydrogens (tertiary/aromatic N) is 5. The molecule has 1 amide bonds. The second-order valence-electron chi connectivity index (χ2n) is 6.28. The lowest BCUT2D eigenvalue weighted by Gasteiger charge is -2.33. The number of piperidine rings is 1. The molecule has 1 unspecified atom stereocenters. The summed E-state index contributed by atoms with van der Waals surface area (Å²) in [6.45, 7) is 3.34. The van der Waals surface area contributed by atoms with Crippen LogP contribution in [0.1, 0.15) is 44.3 Å². The molecule has 4 rings (SSSR count). The summed E-state index contributed by atoms with van der Waals surface area (Å²) in [4.78, 5) is 13.5. The maximum Gasteiger partial charge on any atom is 0.217 e. The molecular weight excluding hydrogens is 280 g/mol. The smallest absolute Gasteiger partial charge is 0.217 e. The Morgan fingerprint density at radius 3 is 2.91 bits per heavy atom. The molecule has 1 saturated heterocycles. The molecule has 0 bridgehead atoms. The molecule has 22 heavy (non-hydrogen) atoms. The Morgan fingerprint density at radius 1 is 1.27 bits per heavy atom. The van der Waals surface area contributed by atoms with Crippen molar-refractivity contribution in [3.05, 3.63) is 18.0 Å². The quantitative estimate of drug-likeness (QED) is 0.919. The molecule has 116 valence electrons. The lowest BCUT2D eigenvalue weighted by Crippen LogP contribution is -2.47. The van der Waals surface area contributed by atoms with E-state index < -0.39 is 0 Å². The van der Waals surface area contributed by atoms with Crippen LogP contribution >= 0.6 is 0 Å². The first-order valence-electron chi connectivity index (χ1n) is 7.95. The van der Waals surface area contributed by atoms with Gasteiger partial charge in [-0.25, -0.2) is 0 Å². The van der Waals surface area contributed by atoms with Gasteiger partial charge < -0.3 is 10.2 Å². The molecule has 7 heteroatoms. The number of carbonyl (C=O) groups is 1. The number of hydrogen-bond acceptors (Lipinski definition) is 5. The molecule has 1 aliphatic heterocycles. The van der Waals surface area contributed by atoms with Crippen molar-refractivity contribution < 1.29 is 4.79 Å². The Kier molecular flexibility index (Phi) is 3.20. The first-order chi connectivity index (χ1) is 10.7. The van der Waals surface area contributed by atoms with Crippen LogP contribution in [0.4, 0.5) is 5.82 Å². The SMILES string of the molecule is CC(=O)NC1CCCN(c2ccc3nnc(C4CC4)n3n2)C1. The van der Waals surface area contributed by atoms with Crippen molar-refractivity contribution in [2.45, 2.75) is 44.6 Å². The first-order valence-corrected chi connectivity index (χ1v) is 7.95. The van der Waals surface area contributed by atoms with Crippen molar-refractivity contribution in [1.29, 1.82) is 0 Å². The molecule has 1 atom stereocenters. The average molecular weight is 300 g/mol. The van der Waals surface area contributed by atoms with E-state index in [0.717, 1.165) is 43.2 Å². The highest BCUT2D eigenvalue weighted by Crippen LogP contribution is 2.38. The minimum absolute atomic E-state index is 0.0325. The molecule has 1 aliphatic carbocycles. The van der Waals surface area contributed by atoms with E-state index in [9.17, 15) is 4.79 Å². The number of carbonyl (C=O) groups excluding carboxylic acids is 1. The van der Waals surface area contributed by atoms with Crippen LogP contribution in [0.2, 0.25) is 0 Å². The Morgan fingerprint density at radius 2 is 2.14 bits per heavy atom. The van der Waals surface area contributed by atoms with Gasteiger partial charge in [0.2, 0.25) is 5.91 Å². The number of rotatable bonds is 3. The van der Waals surface area contributed by atoms with Crippen molar-refractivity contribution in [1.82, 2.24) is 25.1 Å². The molecule has 0 aromatic carbocycles. The minimum atomic E-state index is 0.0325. The van der Waals surface area contributed by atoms with Gasteiger partial charge in [-0.05, 0) is 37.8 Å². The van der Waals surface area contributed by atoms with Gasteiger partial charge >= 0.3 is 0 Å². The molecular formula is C15H20N6O. The van der Waals surface area contributed by atoms with E-state index in [1.54, 1.807) is 6.92 Å². The maximum absolute atomic E-state index is 11.3. The highest BCUT2D eigenvalue weighted by atomic mass is 16.1. The molecule has 3 heterocycles. The van der Waals surface area contributed by atoms with Crippen LogP contribution < -0.4 is 10.2 Å². The monoisotopic (exact) mass is 300 g/mol. The van der Waals surface area contributed by atoms with Gasteiger partial charge in [-0.2, -0.15) is 4.52 Å². The number of amides is 1. The summed E-state index contributed by atoms with van der Waals surface area (Å²) in [5.74, 6) is 2.47. The van der Waals surface area contributed by atoms with Gasteiger partial charge in [0.05, 0.1) is 0 Å². The normalized spacial score (nSPS) is 22.0. The largest absolute Gasteiger partial charge is 0.353 e.